The summed E-state index contributed by atoms with van der Waals surface area (Å²) < 4.78 is 6.70. The van der Waals surface area contributed by atoms with Crippen LogP contribution in [0.25, 0.3) is 11.1 Å². The molecule has 0 amide bonds. The SMILES string of the molecule is Oc1cccc(C2CC3(CCNCC3)Oc3cc(-c4ccccc4)ccc32)c1. The zero-order chi connectivity index (χ0) is 19.0. The number of nitrogens with one attached hydrogen (secondary N) is 1. The number of fused-ring (bicyclic) bond motifs is 1. The third kappa shape index (κ3) is 3.16. The van der Waals surface area contributed by atoms with Crippen molar-refractivity contribution in [1.29, 1.82) is 0 Å². The molecule has 3 aromatic carbocycles. The van der Waals surface area contributed by atoms with Crippen LogP contribution in [-0.4, -0.2) is 23.8 Å². The number of ether oxygens (including phenoxy) is 1. The molecule has 3 heteroatoms. The van der Waals surface area contributed by atoms with Crippen molar-refractivity contribution >= 4 is 0 Å². The van der Waals surface area contributed by atoms with E-state index < -0.39 is 0 Å². The number of rotatable bonds is 2. The van der Waals surface area contributed by atoms with Crippen molar-refractivity contribution < 1.29 is 9.84 Å². The summed E-state index contributed by atoms with van der Waals surface area (Å²) in [5, 5.41) is 13.5. The largest absolute Gasteiger partial charge is 0.508 e. The summed E-state index contributed by atoms with van der Waals surface area (Å²) in [6.07, 6.45) is 2.98. The summed E-state index contributed by atoms with van der Waals surface area (Å²) in [6.45, 7) is 1.97. The first kappa shape index (κ1) is 17.3. The molecule has 3 nitrogen and oxygen atoms in total. The quantitative estimate of drug-likeness (QED) is 0.659. The van der Waals surface area contributed by atoms with Crippen LogP contribution in [0.1, 0.15) is 36.3 Å². The van der Waals surface area contributed by atoms with Gasteiger partial charge in [-0.25, -0.2) is 0 Å². The maximum Gasteiger partial charge on any atom is 0.124 e. The van der Waals surface area contributed by atoms with E-state index in [-0.39, 0.29) is 11.5 Å². The Morgan fingerprint density at radius 2 is 1.68 bits per heavy atom. The molecule has 5 rings (SSSR count). The van der Waals surface area contributed by atoms with Crippen LogP contribution >= 0.6 is 0 Å². The van der Waals surface area contributed by atoms with E-state index in [0.29, 0.717) is 5.75 Å². The zero-order valence-corrected chi connectivity index (χ0v) is 15.9. The molecule has 1 spiro atoms. The lowest BCUT2D eigenvalue weighted by Crippen LogP contribution is -2.49. The predicted octanol–water partition coefficient (Wildman–Crippen LogP) is 5.10. The van der Waals surface area contributed by atoms with Crippen molar-refractivity contribution in [2.45, 2.75) is 30.8 Å². The molecule has 2 heterocycles. The van der Waals surface area contributed by atoms with Gasteiger partial charge in [0.25, 0.3) is 0 Å². The monoisotopic (exact) mass is 371 g/mol. The number of piperidine rings is 1. The molecule has 3 aromatic rings. The first-order chi connectivity index (χ1) is 13.7. The lowest BCUT2D eigenvalue weighted by molar-refractivity contribution is 0.0114. The zero-order valence-electron chi connectivity index (χ0n) is 15.9. The van der Waals surface area contributed by atoms with Gasteiger partial charge in [-0.3, -0.25) is 0 Å². The Morgan fingerprint density at radius 3 is 2.46 bits per heavy atom. The number of phenolic OH excluding ortho intramolecular Hbond substituents is 1. The van der Waals surface area contributed by atoms with E-state index in [1.807, 2.05) is 18.2 Å². The van der Waals surface area contributed by atoms with Crippen LogP contribution in [0.15, 0.2) is 72.8 Å². The first-order valence-corrected chi connectivity index (χ1v) is 10.1. The van der Waals surface area contributed by atoms with Gasteiger partial charge >= 0.3 is 0 Å². The van der Waals surface area contributed by atoms with Gasteiger partial charge in [0.15, 0.2) is 0 Å². The summed E-state index contributed by atoms with van der Waals surface area (Å²) in [7, 11) is 0. The van der Waals surface area contributed by atoms with Crippen molar-refractivity contribution in [3.63, 3.8) is 0 Å². The van der Waals surface area contributed by atoms with Crippen LogP contribution < -0.4 is 10.1 Å². The third-order valence-electron chi connectivity index (χ3n) is 6.19. The molecule has 0 saturated carbocycles. The van der Waals surface area contributed by atoms with Gasteiger partial charge in [0.05, 0.1) is 0 Å². The molecule has 2 N–H and O–H groups in total. The van der Waals surface area contributed by atoms with E-state index in [1.165, 1.54) is 16.7 Å². The fraction of sp³-hybridized carbons (Fsp3) is 0.280. The fourth-order valence-corrected chi connectivity index (χ4v) is 4.71. The van der Waals surface area contributed by atoms with E-state index in [4.69, 9.17) is 4.74 Å². The predicted molar refractivity (Wildman–Crippen MR) is 112 cm³/mol. The molecular weight excluding hydrogens is 346 g/mol. The molecule has 1 unspecified atom stereocenters. The molecule has 0 aliphatic carbocycles. The van der Waals surface area contributed by atoms with Gasteiger partial charge < -0.3 is 15.2 Å². The van der Waals surface area contributed by atoms with Crippen LogP contribution in [0.2, 0.25) is 0 Å². The summed E-state index contributed by atoms with van der Waals surface area (Å²) in [4.78, 5) is 0. The van der Waals surface area contributed by atoms with Crippen molar-refractivity contribution in [2.75, 3.05) is 13.1 Å². The van der Waals surface area contributed by atoms with Gasteiger partial charge in [0.1, 0.15) is 17.1 Å². The molecule has 1 atom stereocenters. The Bertz CT molecular complexity index is 977. The average molecular weight is 371 g/mol. The number of hydrogen-bond acceptors (Lipinski definition) is 3. The van der Waals surface area contributed by atoms with Crippen molar-refractivity contribution in [1.82, 2.24) is 5.32 Å². The molecule has 28 heavy (non-hydrogen) atoms. The second-order valence-corrected chi connectivity index (χ2v) is 8.01. The number of aromatic hydroxyl groups is 1. The maximum atomic E-state index is 10.0. The van der Waals surface area contributed by atoms with Crippen LogP contribution in [0.4, 0.5) is 0 Å². The summed E-state index contributed by atoms with van der Waals surface area (Å²) in [6, 6.07) is 24.8. The van der Waals surface area contributed by atoms with Gasteiger partial charge in [-0.1, -0.05) is 54.6 Å². The highest BCUT2D eigenvalue weighted by Crippen LogP contribution is 2.48. The minimum absolute atomic E-state index is 0.135. The molecule has 142 valence electrons. The van der Waals surface area contributed by atoms with Crippen LogP contribution in [0, 0.1) is 0 Å². The second kappa shape index (κ2) is 6.99. The van der Waals surface area contributed by atoms with Crippen molar-refractivity contribution in [3.05, 3.63) is 83.9 Å². The molecule has 1 fully saturated rings. The van der Waals surface area contributed by atoms with Gasteiger partial charge in [-0.2, -0.15) is 0 Å². The van der Waals surface area contributed by atoms with Gasteiger partial charge in [0, 0.05) is 11.5 Å². The first-order valence-electron chi connectivity index (χ1n) is 10.1. The minimum atomic E-state index is -0.135. The Balaban J connectivity index is 1.61. The van der Waals surface area contributed by atoms with E-state index in [9.17, 15) is 5.11 Å². The Hall–Kier alpha value is -2.78. The summed E-state index contributed by atoms with van der Waals surface area (Å²) >= 11 is 0. The highest BCUT2D eigenvalue weighted by Gasteiger charge is 2.42. The van der Waals surface area contributed by atoms with E-state index in [0.717, 1.165) is 43.7 Å². The number of benzene rings is 3. The lowest BCUT2D eigenvalue weighted by Gasteiger charge is -2.45. The molecule has 2 aliphatic heterocycles. The standard InChI is InChI=1S/C25H25NO2/c27-21-8-4-7-20(15-21)23-17-25(11-13-26-14-12-25)28-24-16-19(9-10-22(23)24)18-5-2-1-3-6-18/h1-10,15-16,23,26-27H,11-14,17H2. The molecular formula is C25H25NO2. The molecule has 0 radical (unpaired) electrons. The maximum absolute atomic E-state index is 10.0. The van der Waals surface area contributed by atoms with Crippen LogP contribution in [-0.2, 0) is 0 Å². The molecule has 2 aliphatic rings. The Morgan fingerprint density at radius 1 is 0.857 bits per heavy atom. The summed E-state index contributed by atoms with van der Waals surface area (Å²) in [5.41, 5.74) is 4.63. The second-order valence-electron chi connectivity index (χ2n) is 8.01. The van der Waals surface area contributed by atoms with Gasteiger partial charge in [0.2, 0.25) is 0 Å². The van der Waals surface area contributed by atoms with Crippen molar-refractivity contribution in [2.24, 2.45) is 0 Å². The minimum Gasteiger partial charge on any atom is -0.508 e. The van der Waals surface area contributed by atoms with Crippen LogP contribution in [0.5, 0.6) is 11.5 Å². The smallest absolute Gasteiger partial charge is 0.124 e. The molecule has 1 saturated heterocycles. The highest BCUT2D eigenvalue weighted by molar-refractivity contribution is 5.67. The van der Waals surface area contributed by atoms with E-state index in [1.54, 1.807) is 6.07 Å². The fourth-order valence-electron chi connectivity index (χ4n) is 4.71. The van der Waals surface area contributed by atoms with Crippen molar-refractivity contribution in [3.8, 4) is 22.6 Å². The normalized spacial score (nSPS) is 20.4. The number of phenols is 1. The summed E-state index contributed by atoms with van der Waals surface area (Å²) in [5.74, 6) is 1.55. The Labute approximate surface area is 166 Å². The van der Waals surface area contributed by atoms with Crippen LogP contribution in [0.3, 0.4) is 0 Å². The van der Waals surface area contributed by atoms with Gasteiger partial charge in [-0.05, 0) is 67.2 Å². The highest BCUT2D eigenvalue weighted by atomic mass is 16.5. The van der Waals surface area contributed by atoms with E-state index >= 15 is 0 Å². The third-order valence-corrected chi connectivity index (χ3v) is 6.19. The Kier molecular flexibility index (Phi) is 4.33. The lowest BCUT2D eigenvalue weighted by atomic mass is 9.75. The average Bonchev–Trinajstić information content (AvgIpc) is 2.74. The molecule has 0 aromatic heterocycles. The van der Waals surface area contributed by atoms with E-state index in [2.05, 4.69) is 53.8 Å². The topological polar surface area (TPSA) is 41.5 Å². The number of hydrogen-bond donors (Lipinski definition) is 2. The van der Waals surface area contributed by atoms with Gasteiger partial charge in [-0.15, -0.1) is 0 Å². The molecule has 0 bridgehead atoms.